The molecule has 0 bridgehead atoms. The second-order valence-electron chi connectivity index (χ2n) is 3.52. The number of hydrazone groups is 1. The van der Waals surface area contributed by atoms with Gasteiger partial charge in [-0.25, -0.2) is 5.43 Å². The van der Waals surface area contributed by atoms with E-state index in [1.54, 1.807) is 31.2 Å². The maximum atomic E-state index is 11.6. The quantitative estimate of drug-likeness (QED) is 0.394. The van der Waals surface area contributed by atoms with Crippen LogP contribution >= 0.6 is 0 Å². The number of nitrogen functional groups attached to an aromatic ring is 1. The summed E-state index contributed by atoms with van der Waals surface area (Å²) in [5.74, 6) is -0.924. The third-order valence-corrected chi connectivity index (χ3v) is 1.98. The third kappa shape index (κ3) is 3.94. The average Bonchev–Trinajstić information content (AvgIpc) is 2.25. The zero-order valence-electron chi connectivity index (χ0n) is 9.43. The molecular weight excluding hydrogens is 220 g/mol. The van der Waals surface area contributed by atoms with Crippen molar-refractivity contribution in [3.05, 3.63) is 29.8 Å². The first-order valence-corrected chi connectivity index (χ1v) is 4.97. The first kappa shape index (κ1) is 12.7. The van der Waals surface area contributed by atoms with Crippen LogP contribution in [0.25, 0.3) is 0 Å². The van der Waals surface area contributed by atoms with E-state index in [2.05, 4.69) is 10.5 Å². The van der Waals surface area contributed by atoms with Gasteiger partial charge in [-0.05, 0) is 19.1 Å². The first-order chi connectivity index (χ1) is 8.00. The molecule has 0 aliphatic heterocycles. The molecule has 0 fully saturated rings. The fraction of sp³-hybridized carbons (Fsp3) is 0.182. The molecule has 6 nitrogen and oxygen atoms in total. The molecule has 1 rings (SSSR count). The van der Waals surface area contributed by atoms with Gasteiger partial charge in [0, 0.05) is 11.4 Å². The highest BCUT2D eigenvalue weighted by Gasteiger charge is 2.07. The van der Waals surface area contributed by atoms with Crippen LogP contribution < -0.4 is 16.9 Å². The molecular formula is C11H14N4O2. The minimum Gasteiger partial charge on any atom is -0.398 e. The first-order valence-electron chi connectivity index (χ1n) is 4.97. The van der Waals surface area contributed by atoms with Crippen LogP contribution in [0.1, 0.15) is 23.7 Å². The van der Waals surface area contributed by atoms with E-state index in [4.69, 9.17) is 11.5 Å². The van der Waals surface area contributed by atoms with E-state index in [0.717, 1.165) is 0 Å². The smallest absolute Gasteiger partial charge is 0.273 e. The molecule has 6 heteroatoms. The second-order valence-corrected chi connectivity index (χ2v) is 3.52. The summed E-state index contributed by atoms with van der Waals surface area (Å²) in [5.41, 5.74) is 14.0. The van der Waals surface area contributed by atoms with Crippen molar-refractivity contribution < 1.29 is 9.59 Å². The van der Waals surface area contributed by atoms with Crippen molar-refractivity contribution in [2.75, 3.05) is 5.73 Å². The maximum Gasteiger partial charge on any atom is 0.273 e. The summed E-state index contributed by atoms with van der Waals surface area (Å²) in [6.07, 6.45) is 0.00452. The van der Waals surface area contributed by atoms with Gasteiger partial charge in [-0.3, -0.25) is 9.59 Å². The Morgan fingerprint density at radius 1 is 1.35 bits per heavy atom. The molecule has 2 amide bonds. The Bertz CT molecular complexity index is 468. The molecule has 0 spiro atoms. The van der Waals surface area contributed by atoms with Crippen molar-refractivity contribution in [3.8, 4) is 0 Å². The zero-order chi connectivity index (χ0) is 12.8. The molecule has 1 aromatic rings. The van der Waals surface area contributed by atoms with E-state index in [-0.39, 0.29) is 6.42 Å². The molecule has 1 aromatic carbocycles. The Morgan fingerprint density at radius 3 is 2.59 bits per heavy atom. The number of hydrogen-bond donors (Lipinski definition) is 3. The molecule has 0 atom stereocenters. The molecule has 5 N–H and O–H groups in total. The van der Waals surface area contributed by atoms with E-state index < -0.39 is 11.8 Å². The Morgan fingerprint density at radius 2 is 2.00 bits per heavy atom. The highest BCUT2D eigenvalue weighted by atomic mass is 16.2. The van der Waals surface area contributed by atoms with Gasteiger partial charge in [0.1, 0.15) is 0 Å². The number of primary amides is 1. The van der Waals surface area contributed by atoms with Crippen molar-refractivity contribution in [1.82, 2.24) is 5.43 Å². The summed E-state index contributed by atoms with van der Waals surface area (Å²) < 4.78 is 0. The van der Waals surface area contributed by atoms with E-state index >= 15 is 0 Å². The number of anilines is 1. The fourth-order valence-corrected chi connectivity index (χ4v) is 1.20. The van der Waals surface area contributed by atoms with Crippen LogP contribution in [0, 0.1) is 0 Å². The normalized spacial score (nSPS) is 11.0. The van der Waals surface area contributed by atoms with Crippen molar-refractivity contribution in [3.63, 3.8) is 0 Å². The molecule has 0 unspecified atom stereocenters. The number of hydrogen-bond acceptors (Lipinski definition) is 4. The number of amides is 2. The fourth-order valence-electron chi connectivity index (χ4n) is 1.20. The molecule has 0 aliphatic rings. The van der Waals surface area contributed by atoms with Crippen molar-refractivity contribution in [1.29, 1.82) is 0 Å². The Labute approximate surface area is 98.7 Å². The lowest BCUT2D eigenvalue weighted by molar-refractivity contribution is -0.116. The van der Waals surface area contributed by atoms with Gasteiger partial charge in [-0.1, -0.05) is 12.1 Å². The minimum atomic E-state index is -0.500. The summed E-state index contributed by atoms with van der Waals surface area (Å²) in [4.78, 5) is 22.2. The number of benzene rings is 1. The van der Waals surface area contributed by atoms with E-state index in [1.807, 2.05) is 0 Å². The largest absolute Gasteiger partial charge is 0.398 e. The lowest BCUT2D eigenvalue weighted by Crippen LogP contribution is -2.22. The Balaban J connectivity index is 2.68. The average molecular weight is 234 g/mol. The number of carbonyl (C=O) groups is 2. The monoisotopic (exact) mass is 234 g/mol. The van der Waals surface area contributed by atoms with Crippen LogP contribution in [0.15, 0.2) is 29.4 Å². The summed E-state index contributed by atoms with van der Waals surface area (Å²) in [5, 5.41) is 3.74. The number of nitrogens with one attached hydrogen (secondary N) is 1. The summed E-state index contributed by atoms with van der Waals surface area (Å²) in [7, 11) is 0. The van der Waals surface area contributed by atoms with Crippen LogP contribution in [0.3, 0.4) is 0 Å². The van der Waals surface area contributed by atoms with Crippen LogP contribution in [-0.4, -0.2) is 17.5 Å². The number of nitrogens with zero attached hydrogens (tertiary/aromatic N) is 1. The van der Waals surface area contributed by atoms with Crippen LogP contribution in [0.4, 0.5) is 5.69 Å². The van der Waals surface area contributed by atoms with Gasteiger partial charge < -0.3 is 11.5 Å². The second kappa shape index (κ2) is 5.64. The summed E-state index contributed by atoms with van der Waals surface area (Å²) in [6, 6.07) is 6.64. The van der Waals surface area contributed by atoms with Gasteiger partial charge in [0.25, 0.3) is 5.91 Å². The van der Waals surface area contributed by atoms with Crippen LogP contribution in [0.2, 0.25) is 0 Å². The molecule has 90 valence electrons. The number of rotatable bonds is 4. The Hall–Kier alpha value is -2.37. The van der Waals surface area contributed by atoms with Gasteiger partial charge >= 0.3 is 0 Å². The lowest BCUT2D eigenvalue weighted by Gasteiger charge is -2.04. The number of carbonyl (C=O) groups excluding carboxylic acids is 2. The van der Waals surface area contributed by atoms with E-state index in [1.165, 1.54) is 0 Å². The summed E-state index contributed by atoms with van der Waals surface area (Å²) in [6.45, 7) is 1.60. The Kier molecular flexibility index (Phi) is 4.21. The predicted octanol–water partition coefficient (Wildman–Crippen LogP) is 0.250. The SMILES string of the molecule is C/C(CC(N)=O)=N\NC(=O)c1ccccc1N. The summed E-state index contributed by atoms with van der Waals surface area (Å²) >= 11 is 0. The van der Waals surface area contributed by atoms with Gasteiger partial charge in [0.2, 0.25) is 5.91 Å². The van der Waals surface area contributed by atoms with Crippen molar-refractivity contribution in [2.24, 2.45) is 10.8 Å². The standard InChI is InChI=1S/C11H14N4O2/c1-7(6-10(13)16)14-15-11(17)8-4-2-3-5-9(8)12/h2-5H,6,12H2,1H3,(H2,13,16)(H,15,17)/b14-7+. The zero-order valence-corrected chi connectivity index (χ0v) is 9.43. The minimum absolute atomic E-state index is 0.00452. The van der Waals surface area contributed by atoms with Gasteiger partial charge in [0.15, 0.2) is 0 Å². The van der Waals surface area contributed by atoms with E-state index in [9.17, 15) is 9.59 Å². The maximum absolute atomic E-state index is 11.6. The number of nitrogens with two attached hydrogens (primary N) is 2. The van der Waals surface area contributed by atoms with Crippen molar-refractivity contribution in [2.45, 2.75) is 13.3 Å². The van der Waals surface area contributed by atoms with Gasteiger partial charge in [-0.2, -0.15) is 5.10 Å². The molecule has 0 saturated heterocycles. The van der Waals surface area contributed by atoms with Crippen molar-refractivity contribution >= 4 is 23.2 Å². The van der Waals surface area contributed by atoms with Gasteiger partial charge in [0.05, 0.1) is 12.0 Å². The highest BCUT2D eigenvalue weighted by Crippen LogP contribution is 2.09. The lowest BCUT2D eigenvalue weighted by atomic mass is 10.2. The highest BCUT2D eigenvalue weighted by molar-refractivity contribution is 6.02. The number of para-hydroxylation sites is 1. The third-order valence-electron chi connectivity index (χ3n) is 1.98. The van der Waals surface area contributed by atoms with Gasteiger partial charge in [-0.15, -0.1) is 0 Å². The molecule has 0 radical (unpaired) electrons. The van der Waals surface area contributed by atoms with Crippen LogP contribution in [0.5, 0.6) is 0 Å². The van der Waals surface area contributed by atoms with E-state index in [0.29, 0.717) is 17.0 Å². The molecule has 0 aromatic heterocycles. The van der Waals surface area contributed by atoms with Crippen LogP contribution in [-0.2, 0) is 4.79 Å². The molecule has 0 aliphatic carbocycles. The molecule has 0 saturated carbocycles. The predicted molar refractivity (Wildman–Crippen MR) is 65.2 cm³/mol. The molecule has 17 heavy (non-hydrogen) atoms. The molecule has 0 heterocycles. The topological polar surface area (TPSA) is 111 Å².